The maximum atomic E-state index is 11.4. The van der Waals surface area contributed by atoms with Crippen LogP contribution in [0.1, 0.15) is 49.5 Å². The van der Waals surface area contributed by atoms with Crippen LogP contribution in [0.25, 0.3) is 0 Å². The van der Waals surface area contributed by atoms with Gasteiger partial charge in [0, 0.05) is 17.9 Å². The molecule has 0 aliphatic heterocycles. The van der Waals surface area contributed by atoms with Crippen LogP contribution in [-0.2, 0) is 4.79 Å². The largest absolute Gasteiger partial charge is 0.481 e. The SMILES string of the molecule is CC(CC(=O)O)c1cc(=O)[nH]c(C2CC2)n1. The predicted octanol–water partition coefficient (Wildman–Crippen LogP) is 1.23. The molecule has 1 heterocycles. The van der Waals surface area contributed by atoms with Gasteiger partial charge in [-0.1, -0.05) is 6.92 Å². The zero-order valence-corrected chi connectivity index (χ0v) is 9.06. The van der Waals surface area contributed by atoms with E-state index in [1.807, 2.05) is 0 Å². The number of carbonyl (C=O) groups is 1. The molecule has 0 bridgehead atoms. The zero-order valence-electron chi connectivity index (χ0n) is 9.06. The summed E-state index contributed by atoms with van der Waals surface area (Å²) < 4.78 is 0. The zero-order chi connectivity index (χ0) is 11.7. The van der Waals surface area contributed by atoms with Crippen molar-refractivity contribution in [1.29, 1.82) is 0 Å². The summed E-state index contributed by atoms with van der Waals surface area (Å²) in [5.74, 6) is -0.0238. The number of aliphatic carboxylic acids is 1. The highest BCUT2D eigenvalue weighted by Gasteiger charge is 2.27. The van der Waals surface area contributed by atoms with Crippen LogP contribution in [-0.4, -0.2) is 21.0 Å². The number of H-pyrrole nitrogens is 1. The Hall–Kier alpha value is -1.65. The maximum Gasteiger partial charge on any atom is 0.304 e. The van der Waals surface area contributed by atoms with Crippen LogP contribution in [0.5, 0.6) is 0 Å². The lowest BCUT2D eigenvalue weighted by atomic mass is 10.0. The monoisotopic (exact) mass is 222 g/mol. The molecular weight excluding hydrogens is 208 g/mol. The van der Waals surface area contributed by atoms with Gasteiger partial charge in [-0.25, -0.2) is 4.98 Å². The van der Waals surface area contributed by atoms with Crippen molar-refractivity contribution in [2.45, 2.75) is 38.0 Å². The van der Waals surface area contributed by atoms with Crippen molar-refractivity contribution in [3.05, 3.63) is 27.9 Å². The van der Waals surface area contributed by atoms with E-state index in [0.29, 0.717) is 17.4 Å². The molecule has 2 rings (SSSR count). The maximum absolute atomic E-state index is 11.4. The molecule has 2 N–H and O–H groups in total. The second-order valence-corrected chi connectivity index (χ2v) is 4.33. The quantitative estimate of drug-likeness (QED) is 0.802. The standard InChI is InChI=1S/C11H14N2O3/c1-6(4-10(15)16)8-5-9(14)13-11(12-8)7-2-3-7/h5-7H,2-4H2,1H3,(H,15,16)(H,12,13,14). The van der Waals surface area contributed by atoms with E-state index in [1.54, 1.807) is 6.92 Å². The van der Waals surface area contributed by atoms with E-state index in [-0.39, 0.29) is 17.9 Å². The summed E-state index contributed by atoms with van der Waals surface area (Å²) in [6, 6.07) is 1.39. The third kappa shape index (κ3) is 2.48. The molecule has 0 amide bonds. The fourth-order valence-corrected chi connectivity index (χ4v) is 1.67. The Kier molecular flexibility index (Phi) is 2.77. The average Bonchev–Trinajstić information content (AvgIpc) is 2.98. The second-order valence-electron chi connectivity index (χ2n) is 4.33. The van der Waals surface area contributed by atoms with Gasteiger partial charge in [0.2, 0.25) is 0 Å². The average molecular weight is 222 g/mol. The van der Waals surface area contributed by atoms with Crippen LogP contribution in [0.3, 0.4) is 0 Å². The molecule has 5 heteroatoms. The Morgan fingerprint density at radius 3 is 2.94 bits per heavy atom. The summed E-state index contributed by atoms with van der Waals surface area (Å²) >= 11 is 0. The van der Waals surface area contributed by atoms with E-state index in [2.05, 4.69) is 9.97 Å². The van der Waals surface area contributed by atoms with Crippen LogP contribution in [0.4, 0.5) is 0 Å². The molecule has 1 aliphatic rings. The molecule has 1 unspecified atom stereocenters. The third-order valence-electron chi connectivity index (χ3n) is 2.73. The minimum Gasteiger partial charge on any atom is -0.481 e. The molecule has 5 nitrogen and oxygen atoms in total. The molecule has 0 aromatic carbocycles. The summed E-state index contributed by atoms with van der Waals surface area (Å²) in [6.07, 6.45) is 2.11. The van der Waals surface area contributed by atoms with Gasteiger partial charge in [0.1, 0.15) is 5.82 Å². The highest BCUT2D eigenvalue weighted by molar-refractivity contribution is 5.67. The molecule has 1 aromatic rings. The molecule has 1 fully saturated rings. The minimum absolute atomic E-state index is 0.000556. The highest BCUT2D eigenvalue weighted by atomic mass is 16.4. The van der Waals surface area contributed by atoms with Crippen molar-refractivity contribution in [3.8, 4) is 0 Å². The van der Waals surface area contributed by atoms with E-state index in [4.69, 9.17) is 5.11 Å². The molecule has 1 saturated carbocycles. The molecule has 0 saturated heterocycles. The summed E-state index contributed by atoms with van der Waals surface area (Å²) in [5, 5.41) is 8.69. The number of rotatable bonds is 4. The first-order valence-electron chi connectivity index (χ1n) is 5.39. The number of nitrogens with zero attached hydrogens (tertiary/aromatic N) is 1. The Bertz CT molecular complexity index is 463. The lowest BCUT2D eigenvalue weighted by molar-refractivity contribution is -0.137. The van der Waals surface area contributed by atoms with E-state index >= 15 is 0 Å². The first-order valence-corrected chi connectivity index (χ1v) is 5.39. The van der Waals surface area contributed by atoms with Crippen molar-refractivity contribution in [3.63, 3.8) is 0 Å². The summed E-state index contributed by atoms with van der Waals surface area (Å²) in [5.41, 5.74) is 0.386. The molecule has 0 spiro atoms. The first kappa shape index (κ1) is 10.9. The fourth-order valence-electron chi connectivity index (χ4n) is 1.67. The third-order valence-corrected chi connectivity index (χ3v) is 2.73. The van der Waals surface area contributed by atoms with Crippen molar-refractivity contribution in [1.82, 2.24) is 9.97 Å². The van der Waals surface area contributed by atoms with Crippen LogP contribution in [0.15, 0.2) is 10.9 Å². The van der Waals surface area contributed by atoms with Gasteiger partial charge >= 0.3 is 5.97 Å². The fraction of sp³-hybridized carbons (Fsp3) is 0.545. The van der Waals surface area contributed by atoms with Gasteiger partial charge in [0.25, 0.3) is 5.56 Å². The van der Waals surface area contributed by atoms with Gasteiger partial charge in [-0.05, 0) is 12.8 Å². The lowest BCUT2D eigenvalue weighted by Crippen LogP contribution is -2.15. The van der Waals surface area contributed by atoms with E-state index < -0.39 is 5.97 Å². The van der Waals surface area contributed by atoms with Crippen LogP contribution in [0.2, 0.25) is 0 Å². The Labute approximate surface area is 92.5 Å². The first-order chi connectivity index (χ1) is 7.56. The van der Waals surface area contributed by atoms with Gasteiger partial charge < -0.3 is 10.1 Å². The number of hydrogen-bond donors (Lipinski definition) is 2. The summed E-state index contributed by atoms with van der Waals surface area (Å²) in [7, 11) is 0. The van der Waals surface area contributed by atoms with Gasteiger partial charge in [-0.15, -0.1) is 0 Å². The number of carboxylic acid groups (broad SMARTS) is 1. The van der Waals surface area contributed by atoms with Crippen molar-refractivity contribution < 1.29 is 9.90 Å². The molecule has 1 aliphatic carbocycles. The molecule has 1 aromatic heterocycles. The summed E-state index contributed by atoms with van der Waals surface area (Å²) in [6.45, 7) is 1.77. The Balaban J connectivity index is 2.25. The van der Waals surface area contributed by atoms with Gasteiger partial charge in [-0.3, -0.25) is 9.59 Å². The molecule has 1 atom stereocenters. The van der Waals surface area contributed by atoms with E-state index in [0.717, 1.165) is 12.8 Å². The Morgan fingerprint density at radius 2 is 2.38 bits per heavy atom. The number of hydrogen-bond acceptors (Lipinski definition) is 3. The predicted molar refractivity (Wildman–Crippen MR) is 57.5 cm³/mol. The number of nitrogens with one attached hydrogen (secondary N) is 1. The lowest BCUT2D eigenvalue weighted by Gasteiger charge is -2.08. The molecule has 16 heavy (non-hydrogen) atoms. The van der Waals surface area contributed by atoms with Crippen molar-refractivity contribution >= 4 is 5.97 Å². The molecular formula is C11H14N2O3. The van der Waals surface area contributed by atoms with E-state index in [9.17, 15) is 9.59 Å². The number of carboxylic acids is 1. The van der Waals surface area contributed by atoms with Crippen LogP contribution < -0.4 is 5.56 Å². The van der Waals surface area contributed by atoms with Crippen molar-refractivity contribution in [2.75, 3.05) is 0 Å². The van der Waals surface area contributed by atoms with E-state index in [1.165, 1.54) is 6.07 Å². The van der Waals surface area contributed by atoms with Crippen LogP contribution in [0, 0.1) is 0 Å². The topological polar surface area (TPSA) is 83.0 Å². The normalized spacial score (nSPS) is 17.1. The second kappa shape index (κ2) is 4.08. The molecule has 86 valence electrons. The summed E-state index contributed by atoms with van der Waals surface area (Å²) in [4.78, 5) is 29.0. The van der Waals surface area contributed by atoms with Crippen molar-refractivity contribution in [2.24, 2.45) is 0 Å². The van der Waals surface area contributed by atoms with Crippen LogP contribution >= 0.6 is 0 Å². The highest BCUT2D eigenvalue weighted by Crippen LogP contribution is 2.37. The smallest absolute Gasteiger partial charge is 0.304 e. The number of aromatic nitrogens is 2. The number of aromatic amines is 1. The molecule has 0 radical (unpaired) electrons. The van der Waals surface area contributed by atoms with Gasteiger partial charge in [0.15, 0.2) is 0 Å². The Morgan fingerprint density at radius 1 is 1.69 bits per heavy atom. The minimum atomic E-state index is -0.873. The van der Waals surface area contributed by atoms with Gasteiger partial charge in [-0.2, -0.15) is 0 Å². The van der Waals surface area contributed by atoms with Gasteiger partial charge in [0.05, 0.1) is 12.1 Å².